The smallest absolute Gasteiger partial charge is 0.0670 e. The maximum Gasteiger partial charge on any atom is 0.0670 e. The minimum atomic E-state index is 0.598. The summed E-state index contributed by atoms with van der Waals surface area (Å²) in [4.78, 5) is 0. The Balaban J connectivity index is 2.32. The fraction of sp³-hybridized carbons (Fsp3) is 0.250. The molecule has 0 spiro atoms. The molecular formula is C16H16Cl2. The van der Waals surface area contributed by atoms with Crippen molar-refractivity contribution in [3.8, 4) is 11.1 Å². The second-order valence-electron chi connectivity index (χ2n) is 4.90. The van der Waals surface area contributed by atoms with E-state index in [9.17, 15) is 0 Å². The molecule has 0 N–H and O–H groups in total. The molecule has 18 heavy (non-hydrogen) atoms. The monoisotopic (exact) mass is 278 g/mol. The third kappa shape index (κ3) is 3.07. The Kier molecular flexibility index (Phi) is 4.31. The number of benzene rings is 2. The van der Waals surface area contributed by atoms with Gasteiger partial charge in [0.1, 0.15) is 0 Å². The Labute approximate surface area is 119 Å². The summed E-state index contributed by atoms with van der Waals surface area (Å²) in [5.74, 6) is 0.672. The molecule has 0 atom stereocenters. The molecule has 0 bridgehead atoms. The van der Waals surface area contributed by atoms with Crippen LogP contribution < -0.4 is 0 Å². The first-order valence-electron chi connectivity index (χ1n) is 6.11. The summed E-state index contributed by atoms with van der Waals surface area (Å²) in [6, 6.07) is 14.3. The summed E-state index contributed by atoms with van der Waals surface area (Å²) in [6.45, 7) is 4.45. The molecule has 0 unspecified atom stereocenters. The van der Waals surface area contributed by atoms with E-state index in [0.717, 1.165) is 17.5 Å². The molecule has 2 heteroatoms. The van der Waals surface area contributed by atoms with Gasteiger partial charge in [-0.15, -0.1) is 0 Å². The Hall–Kier alpha value is -0.980. The fourth-order valence-corrected chi connectivity index (χ4v) is 2.43. The Morgan fingerprint density at radius 3 is 2.22 bits per heavy atom. The van der Waals surface area contributed by atoms with Crippen molar-refractivity contribution in [1.82, 2.24) is 0 Å². The fourth-order valence-electron chi connectivity index (χ4n) is 2.02. The molecule has 0 aromatic heterocycles. The van der Waals surface area contributed by atoms with Gasteiger partial charge in [-0.1, -0.05) is 73.4 Å². The van der Waals surface area contributed by atoms with Crippen LogP contribution in [-0.2, 0) is 6.42 Å². The van der Waals surface area contributed by atoms with Crippen LogP contribution in [0.4, 0.5) is 0 Å². The van der Waals surface area contributed by atoms with Crippen molar-refractivity contribution in [3.05, 3.63) is 58.1 Å². The molecular weight excluding hydrogens is 263 g/mol. The topological polar surface area (TPSA) is 0 Å². The summed E-state index contributed by atoms with van der Waals surface area (Å²) in [5.41, 5.74) is 3.45. The largest absolute Gasteiger partial charge is 0.0827 e. The molecule has 2 rings (SSSR count). The minimum absolute atomic E-state index is 0.598. The number of halogens is 2. The van der Waals surface area contributed by atoms with Crippen molar-refractivity contribution >= 4 is 23.2 Å². The highest BCUT2D eigenvalue weighted by molar-refractivity contribution is 6.43. The number of hydrogen-bond acceptors (Lipinski definition) is 0. The van der Waals surface area contributed by atoms with Gasteiger partial charge in [0.25, 0.3) is 0 Å². The van der Waals surface area contributed by atoms with Gasteiger partial charge in [0.2, 0.25) is 0 Å². The molecule has 0 saturated heterocycles. The van der Waals surface area contributed by atoms with Crippen LogP contribution in [0.5, 0.6) is 0 Å². The molecule has 0 nitrogen and oxygen atoms in total. The normalized spacial score (nSPS) is 10.9. The molecule has 0 fully saturated rings. The van der Waals surface area contributed by atoms with Crippen molar-refractivity contribution < 1.29 is 0 Å². The van der Waals surface area contributed by atoms with Gasteiger partial charge in [0.05, 0.1) is 10.0 Å². The first-order chi connectivity index (χ1) is 8.58. The van der Waals surface area contributed by atoms with Gasteiger partial charge in [-0.2, -0.15) is 0 Å². The van der Waals surface area contributed by atoms with Crippen LogP contribution in [-0.4, -0.2) is 0 Å². The minimum Gasteiger partial charge on any atom is -0.0827 e. The van der Waals surface area contributed by atoms with Crippen LogP contribution in [0.1, 0.15) is 19.4 Å². The van der Waals surface area contributed by atoms with Crippen molar-refractivity contribution in [2.24, 2.45) is 5.92 Å². The predicted octanol–water partition coefficient (Wildman–Crippen LogP) is 5.86. The maximum absolute atomic E-state index is 6.22. The van der Waals surface area contributed by atoms with E-state index in [4.69, 9.17) is 23.2 Å². The molecule has 0 amide bonds. The molecule has 2 aromatic rings. The lowest BCUT2D eigenvalue weighted by Crippen LogP contribution is -1.93. The van der Waals surface area contributed by atoms with Gasteiger partial charge in [-0.25, -0.2) is 0 Å². The van der Waals surface area contributed by atoms with Gasteiger partial charge in [0.15, 0.2) is 0 Å². The van der Waals surface area contributed by atoms with E-state index in [1.165, 1.54) is 5.56 Å². The predicted molar refractivity (Wildman–Crippen MR) is 80.4 cm³/mol. The van der Waals surface area contributed by atoms with E-state index in [2.05, 4.69) is 38.1 Å². The van der Waals surface area contributed by atoms with E-state index in [1.54, 1.807) is 6.07 Å². The summed E-state index contributed by atoms with van der Waals surface area (Å²) in [5, 5.41) is 1.22. The molecule has 0 radical (unpaired) electrons. The lowest BCUT2D eigenvalue weighted by molar-refractivity contribution is 0.647. The van der Waals surface area contributed by atoms with Crippen LogP contribution in [0, 0.1) is 5.92 Å². The third-order valence-electron chi connectivity index (χ3n) is 2.86. The molecule has 0 aliphatic rings. The van der Waals surface area contributed by atoms with E-state index in [0.29, 0.717) is 16.0 Å². The van der Waals surface area contributed by atoms with Gasteiger partial charge in [-0.05, 0) is 29.5 Å². The molecule has 94 valence electrons. The highest BCUT2D eigenvalue weighted by Gasteiger charge is 2.06. The third-order valence-corrected chi connectivity index (χ3v) is 3.68. The van der Waals surface area contributed by atoms with Gasteiger partial charge >= 0.3 is 0 Å². The Bertz CT molecular complexity index is 527. The molecule has 0 heterocycles. The first-order valence-corrected chi connectivity index (χ1v) is 6.87. The maximum atomic E-state index is 6.22. The zero-order valence-corrected chi connectivity index (χ0v) is 12.1. The molecule has 0 saturated carbocycles. The highest BCUT2D eigenvalue weighted by Crippen LogP contribution is 2.33. The Morgan fingerprint density at radius 1 is 0.944 bits per heavy atom. The first kappa shape index (κ1) is 13.5. The number of rotatable bonds is 3. The summed E-state index contributed by atoms with van der Waals surface area (Å²) < 4.78 is 0. The second kappa shape index (κ2) is 5.77. The summed E-state index contributed by atoms with van der Waals surface area (Å²) in [6.07, 6.45) is 1.10. The average Bonchev–Trinajstić information content (AvgIpc) is 2.33. The van der Waals surface area contributed by atoms with E-state index < -0.39 is 0 Å². The zero-order valence-electron chi connectivity index (χ0n) is 10.6. The summed E-state index contributed by atoms with van der Waals surface area (Å²) >= 11 is 12.3. The van der Waals surface area contributed by atoms with Crippen LogP contribution in [0.25, 0.3) is 11.1 Å². The quantitative estimate of drug-likeness (QED) is 0.660. The highest BCUT2D eigenvalue weighted by atomic mass is 35.5. The van der Waals surface area contributed by atoms with E-state index >= 15 is 0 Å². The average molecular weight is 279 g/mol. The van der Waals surface area contributed by atoms with Gasteiger partial charge < -0.3 is 0 Å². The van der Waals surface area contributed by atoms with Crippen molar-refractivity contribution in [1.29, 1.82) is 0 Å². The zero-order chi connectivity index (χ0) is 13.1. The lowest BCUT2D eigenvalue weighted by atomic mass is 9.99. The SMILES string of the molecule is CC(C)Cc1ccc(-c2cccc(Cl)c2Cl)cc1. The molecule has 0 aliphatic heterocycles. The van der Waals surface area contributed by atoms with Crippen molar-refractivity contribution in [2.45, 2.75) is 20.3 Å². The summed E-state index contributed by atoms with van der Waals surface area (Å²) in [7, 11) is 0. The second-order valence-corrected chi connectivity index (χ2v) is 5.68. The molecule has 0 aliphatic carbocycles. The van der Waals surface area contributed by atoms with Gasteiger partial charge in [-0.3, -0.25) is 0 Å². The van der Waals surface area contributed by atoms with Crippen molar-refractivity contribution in [2.75, 3.05) is 0 Å². The van der Waals surface area contributed by atoms with Crippen molar-refractivity contribution in [3.63, 3.8) is 0 Å². The van der Waals surface area contributed by atoms with Crippen LogP contribution in [0.3, 0.4) is 0 Å². The lowest BCUT2D eigenvalue weighted by Gasteiger charge is -2.08. The van der Waals surface area contributed by atoms with Gasteiger partial charge in [0, 0.05) is 5.56 Å². The van der Waals surface area contributed by atoms with E-state index in [1.807, 2.05) is 12.1 Å². The number of hydrogen-bond donors (Lipinski definition) is 0. The van der Waals surface area contributed by atoms with E-state index in [-0.39, 0.29) is 0 Å². The molecule has 2 aromatic carbocycles. The van der Waals surface area contributed by atoms with Crippen LogP contribution in [0.15, 0.2) is 42.5 Å². The standard InChI is InChI=1S/C16H16Cl2/c1-11(2)10-12-6-8-13(9-7-12)14-4-3-5-15(17)16(14)18/h3-9,11H,10H2,1-2H3. The van der Waals surface area contributed by atoms with Crippen LogP contribution >= 0.6 is 23.2 Å². The Morgan fingerprint density at radius 2 is 1.61 bits per heavy atom. The van der Waals surface area contributed by atoms with Crippen LogP contribution in [0.2, 0.25) is 10.0 Å².